The van der Waals surface area contributed by atoms with E-state index in [4.69, 9.17) is 5.11 Å². The van der Waals surface area contributed by atoms with Gasteiger partial charge < -0.3 is 15.5 Å². The number of carboxylic acids is 1. The van der Waals surface area contributed by atoms with E-state index in [1.54, 1.807) is 0 Å². The van der Waals surface area contributed by atoms with Gasteiger partial charge >= 0.3 is 5.97 Å². The van der Waals surface area contributed by atoms with Crippen LogP contribution < -0.4 is 5.32 Å². The Morgan fingerprint density at radius 2 is 2.40 bits per heavy atom. The van der Waals surface area contributed by atoms with Gasteiger partial charge in [-0.1, -0.05) is 0 Å². The molecule has 0 aliphatic carbocycles. The highest BCUT2D eigenvalue weighted by Crippen LogP contribution is 2.18. The van der Waals surface area contributed by atoms with E-state index in [1.165, 1.54) is 0 Å². The Hall–Kier alpha value is -0.610. The third-order valence-electron chi connectivity index (χ3n) is 1.78. The number of hydrogen-bond acceptors (Lipinski definition) is 3. The molecule has 1 saturated heterocycles. The van der Waals surface area contributed by atoms with Crippen LogP contribution in [0, 0.1) is 0 Å². The first-order chi connectivity index (χ1) is 4.54. The van der Waals surface area contributed by atoms with Gasteiger partial charge in [0.25, 0.3) is 0 Å². The number of aliphatic carboxylic acids is 1. The van der Waals surface area contributed by atoms with Crippen molar-refractivity contribution < 1.29 is 15.0 Å². The Kier molecular flexibility index (Phi) is 1.66. The Morgan fingerprint density at radius 3 is 2.60 bits per heavy atom. The van der Waals surface area contributed by atoms with Crippen molar-refractivity contribution in [2.45, 2.75) is 25.0 Å². The molecular weight excluding hydrogens is 134 g/mol. The molecule has 0 aromatic carbocycles. The van der Waals surface area contributed by atoms with E-state index in [2.05, 4.69) is 5.32 Å². The molecule has 1 aliphatic rings. The molecule has 0 spiro atoms. The molecule has 3 N–H and O–H groups in total. The van der Waals surface area contributed by atoms with E-state index in [9.17, 15) is 9.90 Å². The maximum absolute atomic E-state index is 10.4. The molecule has 4 heteroatoms. The summed E-state index contributed by atoms with van der Waals surface area (Å²) in [4.78, 5) is 10.4. The van der Waals surface area contributed by atoms with Crippen LogP contribution in [0.25, 0.3) is 0 Å². The van der Waals surface area contributed by atoms with Gasteiger partial charge in [-0.2, -0.15) is 0 Å². The maximum Gasteiger partial charge on any atom is 0.337 e. The van der Waals surface area contributed by atoms with Crippen molar-refractivity contribution >= 4 is 5.97 Å². The predicted molar refractivity (Wildman–Crippen MR) is 34.7 cm³/mol. The topological polar surface area (TPSA) is 69.6 Å². The molecule has 0 aromatic rings. The van der Waals surface area contributed by atoms with Crippen molar-refractivity contribution in [3.8, 4) is 0 Å². The molecular formula is C6H11NO3. The zero-order valence-corrected chi connectivity index (χ0v) is 5.79. The lowest BCUT2D eigenvalue weighted by Gasteiger charge is -2.13. The van der Waals surface area contributed by atoms with Crippen molar-refractivity contribution in [1.29, 1.82) is 0 Å². The molecule has 1 aliphatic heterocycles. The smallest absolute Gasteiger partial charge is 0.337 e. The molecule has 4 nitrogen and oxygen atoms in total. The molecule has 0 aromatic heterocycles. The Labute approximate surface area is 58.9 Å². The first kappa shape index (κ1) is 7.50. The minimum absolute atomic E-state index is 0.0982. The third-order valence-corrected chi connectivity index (χ3v) is 1.78. The van der Waals surface area contributed by atoms with E-state index in [1.807, 2.05) is 6.92 Å². The van der Waals surface area contributed by atoms with Crippen LogP contribution in [0.4, 0.5) is 0 Å². The molecule has 1 rings (SSSR count). The quantitative estimate of drug-likeness (QED) is 0.451. The van der Waals surface area contributed by atoms with Gasteiger partial charge in [-0.25, -0.2) is 4.79 Å². The highest BCUT2D eigenvalue weighted by Gasteiger charge is 2.41. The van der Waals surface area contributed by atoms with Crippen molar-refractivity contribution in [2.24, 2.45) is 0 Å². The summed E-state index contributed by atoms with van der Waals surface area (Å²) < 4.78 is 0. The lowest BCUT2D eigenvalue weighted by atomic mass is 10.0. The van der Waals surface area contributed by atoms with Crippen LogP contribution in [0.2, 0.25) is 0 Å². The molecule has 58 valence electrons. The lowest BCUT2D eigenvalue weighted by Crippen LogP contribution is -2.40. The zero-order chi connectivity index (χ0) is 7.78. The summed E-state index contributed by atoms with van der Waals surface area (Å²) >= 11 is 0. The molecule has 0 radical (unpaired) electrons. The third kappa shape index (κ3) is 1.12. The van der Waals surface area contributed by atoms with Gasteiger partial charge in [0.2, 0.25) is 0 Å². The maximum atomic E-state index is 10.4. The van der Waals surface area contributed by atoms with Crippen molar-refractivity contribution in [1.82, 2.24) is 5.32 Å². The fourth-order valence-electron chi connectivity index (χ4n) is 1.16. The standard InChI is InChI=1S/C6H11NO3/c1-4-2-6(10,3-7-4)5(8)9/h4,7,10H,2-3H2,1H3,(H,8,9)/t4-,6-/m1/s1. The summed E-state index contributed by atoms with van der Waals surface area (Å²) in [7, 11) is 0. The minimum Gasteiger partial charge on any atom is -0.479 e. The van der Waals surface area contributed by atoms with Gasteiger partial charge in [0.1, 0.15) is 0 Å². The van der Waals surface area contributed by atoms with E-state index in [0.717, 1.165) is 0 Å². The average Bonchev–Trinajstić information content (AvgIpc) is 2.13. The SMILES string of the molecule is C[C@@H]1C[C@](O)(C(=O)O)CN1. The molecule has 2 atom stereocenters. The van der Waals surface area contributed by atoms with Crippen LogP contribution in [0.1, 0.15) is 13.3 Å². The van der Waals surface area contributed by atoms with E-state index >= 15 is 0 Å². The zero-order valence-electron chi connectivity index (χ0n) is 5.79. The number of carbonyl (C=O) groups is 1. The molecule has 0 unspecified atom stereocenters. The highest BCUT2D eigenvalue weighted by atomic mass is 16.4. The number of aliphatic hydroxyl groups is 1. The largest absolute Gasteiger partial charge is 0.479 e. The highest BCUT2D eigenvalue weighted by molar-refractivity contribution is 5.78. The monoisotopic (exact) mass is 145 g/mol. The minimum atomic E-state index is -1.53. The lowest BCUT2D eigenvalue weighted by molar-refractivity contribution is -0.156. The number of nitrogens with one attached hydrogen (secondary N) is 1. The summed E-state index contributed by atoms with van der Waals surface area (Å²) in [5, 5.41) is 20.6. The number of β-amino-alcohol motifs (C(OH)–C–C–N with tert-alkyl or cyclic N) is 1. The van der Waals surface area contributed by atoms with Gasteiger partial charge in [0, 0.05) is 19.0 Å². The van der Waals surface area contributed by atoms with E-state index in [0.29, 0.717) is 6.42 Å². The normalized spacial score (nSPS) is 40.0. The summed E-state index contributed by atoms with van der Waals surface area (Å²) in [6.07, 6.45) is 0.294. The van der Waals surface area contributed by atoms with Gasteiger partial charge in [0.15, 0.2) is 5.60 Å². The van der Waals surface area contributed by atoms with Crippen LogP contribution in [0.15, 0.2) is 0 Å². The Bertz CT molecular complexity index is 159. The Morgan fingerprint density at radius 1 is 1.80 bits per heavy atom. The van der Waals surface area contributed by atoms with Crippen molar-refractivity contribution in [3.63, 3.8) is 0 Å². The van der Waals surface area contributed by atoms with Gasteiger partial charge in [0.05, 0.1) is 0 Å². The van der Waals surface area contributed by atoms with Crippen LogP contribution >= 0.6 is 0 Å². The summed E-state index contributed by atoms with van der Waals surface area (Å²) in [5.74, 6) is -1.13. The molecule has 10 heavy (non-hydrogen) atoms. The van der Waals surface area contributed by atoms with E-state index < -0.39 is 11.6 Å². The fraction of sp³-hybridized carbons (Fsp3) is 0.833. The first-order valence-corrected chi connectivity index (χ1v) is 3.24. The summed E-state index contributed by atoms with van der Waals surface area (Å²) in [6, 6.07) is 0.0982. The van der Waals surface area contributed by atoms with Crippen LogP contribution in [-0.4, -0.2) is 34.4 Å². The molecule has 1 heterocycles. The summed E-state index contributed by atoms with van der Waals surface area (Å²) in [5.41, 5.74) is -1.53. The van der Waals surface area contributed by atoms with Gasteiger partial charge in [-0.3, -0.25) is 0 Å². The van der Waals surface area contributed by atoms with Crippen molar-refractivity contribution in [3.05, 3.63) is 0 Å². The number of hydrogen-bond donors (Lipinski definition) is 3. The van der Waals surface area contributed by atoms with Crippen LogP contribution in [-0.2, 0) is 4.79 Å². The second kappa shape index (κ2) is 2.21. The fourth-order valence-corrected chi connectivity index (χ4v) is 1.16. The van der Waals surface area contributed by atoms with Crippen LogP contribution in [0.3, 0.4) is 0 Å². The van der Waals surface area contributed by atoms with Gasteiger partial charge in [-0.05, 0) is 6.92 Å². The molecule has 1 fully saturated rings. The second-order valence-electron chi connectivity index (χ2n) is 2.82. The Balaban J connectivity index is 2.63. The first-order valence-electron chi connectivity index (χ1n) is 3.24. The number of carboxylic acid groups (broad SMARTS) is 1. The molecule has 0 saturated carbocycles. The van der Waals surface area contributed by atoms with E-state index in [-0.39, 0.29) is 12.6 Å². The van der Waals surface area contributed by atoms with Gasteiger partial charge in [-0.15, -0.1) is 0 Å². The van der Waals surface area contributed by atoms with Crippen molar-refractivity contribution in [2.75, 3.05) is 6.54 Å². The predicted octanol–water partition coefficient (Wildman–Crippen LogP) is -0.816. The molecule has 0 amide bonds. The summed E-state index contributed by atoms with van der Waals surface area (Å²) in [6.45, 7) is 2.00. The van der Waals surface area contributed by atoms with Crippen LogP contribution in [0.5, 0.6) is 0 Å². The average molecular weight is 145 g/mol. The second-order valence-corrected chi connectivity index (χ2v) is 2.82. The number of rotatable bonds is 1. The molecule has 0 bridgehead atoms.